The van der Waals surface area contributed by atoms with Crippen molar-refractivity contribution in [2.75, 3.05) is 27.3 Å². The van der Waals surface area contributed by atoms with Crippen molar-refractivity contribution >= 4 is 24.6 Å². The number of hydrogen-bond acceptors (Lipinski definition) is 4. The molecule has 170 valence electrons. The van der Waals surface area contributed by atoms with Crippen molar-refractivity contribution < 1.29 is 9.47 Å². The maximum absolute atomic E-state index is 5.33. The Labute approximate surface area is 193 Å². The lowest BCUT2D eigenvalue weighted by Gasteiger charge is -2.02. The van der Waals surface area contributed by atoms with Crippen LogP contribution in [0.25, 0.3) is 12.2 Å². The Balaban J connectivity index is 1.46. The largest absolute Gasteiger partial charge is 0.496 e. The average molecular weight is 433 g/mol. The number of allylic oxidation sites excluding steroid dienone is 2. The van der Waals surface area contributed by atoms with E-state index in [1.165, 1.54) is 25.7 Å². The molecule has 2 aromatic carbocycles. The summed E-state index contributed by atoms with van der Waals surface area (Å²) in [5.41, 5.74) is 2.14. The SMILES string of the molecule is COc1ccccc1/C=C/C=N/CCCCCCCC/N=C/C=C/c1ccccc1OC. The zero-order chi connectivity index (χ0) is 22.7. The van der Waals surface area contributed by atoms with Crippen molar-refractivity contribution in [2.45, 2.75) is 38.5 Å². The van der Waals surface area contributed by atoms with Crippen LogP contribution in [-0.4, -0.2) is 39.7 Å². The number of hydrogen-bond donors (Lipinski definition) is 0. The van der Waals surface area contributed by atoms with Crippen molar-refractivity contribution in [3.05, 3.63) is 71.8 Å². The molecule has 0 aliphatic carbocycles. The minimum absolute atomic E-state index is 0.882. The fourth-order valence-electron chi connectivity index (χ4n) is 3.29. The molecule has 4 nitrogen and oxygen atoms in total. The van der Waals surface area contributed by atoms with E-state index in [9.17, 15) is 0 Å². The van der Waals surface area contributed by atoms with E-state index in [4.69, 9.17) is 9.47 Å². The molecule has 2 rings (SSSR count). The van der Waals surface area contributed by atoms with Gasteiger partial charge in [-0.3, -0.25) is 9.98 Å². The van der Waals surface area contributed by atoms with Crippen LogP contribution in [0.2, 0.25) is 0 Å². The van der Waals surface area contributed by atoms with Crippen LogP contribution >= 0.6 is 0 Å². The quantitative estimate of drug-likeness (QED) is 0.227. The highest BCUT2D eigenvalue weighted by atomic mass is 16.5. The Bertz CT molecular complexity index is 811. The Morgan fingerprint density at radius 1 is 0.594 bits per heavy atom. The summed E-state index contributed by atoms with van der Waals surface area (Å²) in [5, 5.41) is 0. The number of methoxy groups -OCH3 is 2. The van der Waals surface area contributed by atoms with Gasteiger partial charge in [0, 0.05) is 36.6 Å². The van der Waals surface area contributed by atoms with E-state index in [0.29, 0.717) is 0 Å². The van der Waals surface area contributed by atoms with Crippen LogP contribution < -0.4 is 9.47 Å². The van der Waals surface area contributed by atoms with Crippen molar-refractivity contribution in [1.29, 1.82) is 0 Å². The standard InChI is InChI=1S/C28H36N2O2/c1-31-27-19-9-7-15-25(27)17-13-23-29-21-11-5-3-4-6-12-22-30-24-14-18-26-16-8-10-20-28(26)32-2/h7-10,13-20,23-24H,3-6,11-12,21-22H2,1-2H3/b17-13+,18-14+,29-23+,30-24+. The third kappa shape index (κ3) is 10.3. The minimum Gasteiger partial charge on any atom is -0.496 e. The Kier molecular flexibility index (Phi) is 13.0. The Hall–Kier alpha value is -3.14. The fourth-order valence-corrected chi connectivity index (χ4v) is 3.29. The first-order valence-corrected chi connectivity index (χ1v) is 11.4. The van der Waals surface area contributed by atoms with Crippen molar-refractivity contribution in [3.8, 4) is 11.5 Å². The number of rotatable bonds is 15. The summed E-state index contributed by atoms with van der Waals surface area (Å²) in [5.74, 6) is 1.76. The summed E-state index contributed by atoms with van der Waals surface area (Å²) in [4.78, 5) is 8.93. The van der Waals surface area contributed by atoms with Gasteiger partial charge in [0.25, 0.3) is 0 Å². The molecule has 2 aromatic rings. The van der Waals surface area contributed by atoms with Crippen LogP contribution in [-0.2, 0) is 0 Å². The van der Waals surface area contributed by atoms with Gasteiger partial charge in [-0.25, -0.2) is 0 Å². The highest BCUT2D eigenvalue weighted by molar-refractivity contribution is 5.79. The monoisotopic (exact) mass is 432 g/mol. The van der Waals surface area contributed by atoms with Crippen LogP contribution in [0.1, 0.15) is 49.7 Å². The molecule has 0 bridgehead atoms. The highest BCUT2D eigenvalue weighted by Gasteiger charge is 1.96. The van der Waals surface area contributed by atoms with Gasteiger partial charge in [0.15, 0.2) is 0 Å². The zero-order valence-corrected chi connectivity index (χ0v) is 19.5. The molecule has 32 heavy (non-hydrogen) atoms. The molecule has 0 unspecified atom stereocenters. The van der Waals surface area contributed by atoms with E-state index < -0.39 is 0 Å². The summed E-state index contributed by atoms with van der Waals surface area (Å²) >= 11 is 0. The normalized spacial score (nSPS) is 11.9. The topological polar surface area (TPSA) is 43.2 Å². The van der Waals surface area contributed by atoms with Gasteiger partial charge in [-0.1, -0.05) is 62.1 Å². The molecule has 0 atom stereocenters. The molecule has 0 aliphatic rings. The Morgan fingerprint density at radius 2 is 1.00 bits per heavy atom. The average Bonchev–Trinajstić information content (AvgIpc) is 2.84. The number of benzene rings is 2. The molecule has 0 amide bonds. The smallest absolute Gasteiger partial charge is 0.126 e. The number of nitrogens with zero attached hydrogens (tertiary/aromatic N) is 2. The Morgan fingerprint density at radius 3 is 1.44 bits per heavy atom. The van der Waals surface area contributed by atoms with E-state index in [1.807, 2.05) is 85.3 Å². The molecule has 0 saturated heterocycles. The second kappa shape index (κ2) is 16.5. The first-order valence-electron chi connectivity index (χ1n) is 11.4. The molecule has 0 saturated carbocycles. The van der Waals surface area contributed by atoms with E-state index in [1.54, 1.807) is 14.2 Å². The summed E-state index contributed by atoms with van der Waals surface area (Å²) < 4.78 is 10.7. The van der Waals surface area contributed by atoms with Crippen LogP contribution in [0.15, 0.2) is 70.7 Å². The van der Waals surface area contributed by atoms with Crippen molar-refractivity contribution in [2.24, 2.45) is 9.98 Å². The molecule has 0 aliphatic heterocycles. The molecular formula is C28H36N2O2. The van der Waals surface area contributed by atoms with E-state index in [2.05, 4.69) is 9.98 Å². The van der Waals surface area contributed by atoms with Gasteiger partial charge in [-0.05, 0) is 49.3 Å². The van der Waals surface area contributed by atoms with E-state index in [0.717, 1.165) is 48.6 Å². The molecule has 0 radical (unpaired) electrons. The number of aliphatic imine (C=N–C) groups is 2. The first-order chi connectivity index (χ1) is 15.8. The summed E-state index contributed by atoms with van der Waals surface area (Å²) in [6, 6.07) is 16.0. The second-order valence-electron chi connectivity index (χ2n) is 7.43. The molecule has 0 spiro atoms. The van der Waals surface area contributed by atoms with Gasteiger partial charge >= 0.3 is 0 Å². The lowest BCUT2D eigenvalue weighted by molar-refractivity contribution is 0.414. The van der Waals surface area contributed by atoms with Crippen molar-refractivity contribution in [1.82, 2.24) is 0 Å². The third-order valence-corrected chi connectivity index (χ3v) is 5.04. The number of ether oxygens (including phenoxy) is 2. The highest BCUT2D eigenvalue weighted by Crippen LogP contribution is 2.19. The van der Waals surface area contributed by atoms with Gasteiger partial charge in [0.1, 0.15) is 11.5 Å². The molecule has 0 heterocycles. The molecule has 0 aromatic heterocycles. The second-order valence-corrected chi connectivity index (χ2v) is 7.43. The van der Waals surface area contributed by atoms with Crippen LogP contribution in [0.5, 0.6) is 11.5 Å². The van der Waals surface area contributed by atoms with Crippen LogP contribution in [0.3, 0.4) is 0 Å². The van der Waals surface area contributed by atoms with Gasteiger partial charge in [-0.15, -0.1) is 0 Å². The van der Waals surface area contributed by atoms with Crippen LogP contribution in [0.4, 0.5) is 0 Å². The van der Waals surface area contributed by atoms with Crippen molar-refractivity contribution in [3.63, 3.8) is 0 Å². The number of para-hydroxylation sites is 2. The fraction of sp³-hybridized carbons (Fsp3) is 0.357. The molecular weight excluding hydrogens is 396 g/mol. The third-order valence-electron chi connectivity index (χ3n) is 5.04. The summed E-state index contributed by atoms with van der Waals surface area (Å²) in [6.07, 6.45) is 19.1. The van der Waals surface area contributed by atoms with Crippen LogP contribution in [0, 0.1) is 0 Å². The maximum Gasteiger partial charge on any atom is 0.126 e. The predicted octanol–water partition coefficient (Wildman–Crippen LogP) is 6.91. The van der Waals surface area contributed by atoms with E-state index >= 15 is 0 Å². The lowest BCUT2D eigenvalue weighted by atomic mass is 10.1. The first kappa shape index (κ1) is 25.1. The van der Waals surface area contributed by atoms with Gasteiger partial charge in [0.2, 0.25) is 0 Å². The van der Waals surface area contributed by atoms with Gasteiger partial charge < -0.3 is 9.47 Å². The maximum atomic E-state index is 5.33. The summed E-state index contributed by atoms with van der Waals surface area (Å²) in [6.45, 7) is 1.78. The lowest BCUT2D eigenvalue weighted by Crippen LogP contribution is -1.87. The zero-order valence-electron chi connectivity index (χ0n) is 19.5. The van der Waals surface area contributed by atoms with E-state index in [-0.39, 0.29) is 0 Å². The predicted molar refractivity (Wildman–Crippen MR) is 138 cm³/mol. The molecule has 0 fully saturated rings. The summed E-state index contributed by atoms with van der Waals surface area (Å²) in [7, 11) is 3.38. The molecule has 4 heteroatoms. The van der Waals surface area contributed by atoms with Gasteiger partial charge in [0.05, 0.1) is 14.2 Å². The molecule has 0 N–H and O–H groups in total. The van der Waals surface area contributed by atoms with Gasteiger partial charge in [-0.2, -0.15) is 0 Å². The number of unbranched alkanes of at least 4 members (excludes halogenated alkanes) is 5. The minimum atomic E-state index is 0.882.